The number of benzene rings is 1. The molecule has 3 N–H and O–H groups in total. The van der Waals surface area contributed by atoms with Crippen molar-refractivity contribution in [2.24, 2.45) is 4.99 Å². The number of carbonyl (C=O) groups excluding carboxylic acids is 1. The Morgan fingerprint density at radius 2 is 2.10 bits per heavy atom. The molecule has 0 spiro atoms. The summed E-state index contributed by atoms with van der Waals surface area (Å²) in [6.45, 7) is 1.60. The van der Waals surface area contributed by atoms with Gasteiger partial charge in [-0.25, -0.2) is 8.42 Å². The smallest absolute Gasteiger partial charge is 0.222 e. The van der Waals surface area contributed by atoms with E-state index >= 15 is 0 Å². The third kappa shape index (κ3) is 9.94. The molecule has 0 aliphatic carbocycles. The summed E-state index contributed by atoms with van der Waals surface area (Å²) in [6, 6.07) is 7.23. The van der Waals surface area contributed by atoms with Gasteiger partial charge in [0.25, 0.3) is 0 Å². The molecule has 1 atom stereocenters. The number of nitrogens with zero attached hydrogens (tertiary/aromatic N) is 1. The zero-order valence-electron chi connectivity index (χ0n) is 17.3. The van der Waals surface area contributed by atoms with Crippen LogP contribution in [0.15, 0.2) is 29.3 Å². The van der Waals surface area contributed by atoms with Crippen molar-refractivity contribution in [2.75, 3.05) is 50.7 Å². The van der Waals surface area contributed by atoms with Crippen molar-refractivity contribution in [3.05, 3.63) is 24.3 Å². The number of guanidine groups is 1. The van der Waals surface area contributed by atoms with Crippen molar-refractivity contribution in [3.63, 3.8) is 0 Å². The first-order chi connectivity index (χ1) is 13.9. The monoisotopic (exact) mass is 554 g/mol. The third-order valence-electron chi connectivity index (χ3n) is 4.32. The molecule has 2 rings (SSSR count). The molecule has 0 aromatic heterocycles. The predicted molar refractivity (Wildman–Crippen MR) is 129 cm³/mol. The van der Waals surface area contributed by atoms with Crippen LogP contribution < -0.4 is 20.7 Å². The molecule has 0 saturated carbocycles. The molecule has 9 nitrogen and oxygen atoms in total. The van der Waals surface area contributed by atoms with E-state index in [0.717, 1.165) is 17.9 Å². The number of ether oxygens (including phenoxy) is 2. The average Bonchev–Trinajstić information content (AvgIpc) is 3.03. The van der Waals surface area contributed by atoms with Gasteiger partial charge in [0.05, 0.1) is 18.1 Å². The van der Waals surface area contributed by atoms with Crippen LogP contribution in [-0.4, -0.2) is 71.7 Å². The summed E-state index contributed by atoms with van der Waals surface area (Å²) in [5.41, 5.74) is 0.808. The first-order valence-corrected chi connectivity index (χ1v) is 11.4. The van der Waals surface area contributed by atoms with Crippen molar-refractivity contribution in [2.45, 2.75) is 25.3 Å². The van der Waals surface area contributed by atoms with Gasteiger partial charge in [-0.15, -0.1) is 24.0 Å². The van der Waals surface area contributed by atoms with E-state index in [-0.39, 0.29) is 53.9 Å². The molecule has 11 heteroatoms. The summed E-state index contributed by atoms with van der Waals surface area (Å²) in [4.78, 5) is 16.1. The SMILES string of the molecule is CN=C(NCCC(=O)NC1CCS(=O)(=O)C1)Nc1cccc(OCCCOC)c1.I. The van der Waals surface area contributed by atoms with Gasteiger partial charge in [0.2, 0.25) is 5.91 Å². The average molecular weight is 554 g/mol. The predicted octanol–water partition coefficient (Wildman–Crippen LogP) is 1.40. The maximum absolute atomic E-state index is 12.0. The van der Waals surface area contributed by atoms with Crippen molar-refractivity contribution in [3.8, 4) is 5.75 Å². The first kappa shape index (κ1) is 26.4. The second kappa shape index (κ2) is 13.7. The van der Waals surface area contributed by atoms with E-state index in [1.165, 1.54) is 0 Å². The van der Waals surface area contributed by atoms with Crippen molar-refractivity contribution < 1.29 is 22.7 Å². The number of hydrogen-bond donors (Lipinski definition) is 3. The van der Waals surface area contributed by atoms with E-state index in [0.29, 0.717) is 32.1 Å². The lowest BCUT2D eigenvalue weighted by molar-refractivity contribution is -0.121. The van der Waals surface area contributed by atoms with Crippen LogP contribution in [0.5, 0.6) is 5.75 Å². The largest absolute Gasteiger partial charge is 0.493 e. The molecular weight excluding hydrogens is 523 g/mol. The molecule has 1 aliphatic rings. The lowest BCUT2D eigenvalue weighted by Crippen LogP contribution is -2.38. The highest BCUT2D eigenvalue weighted by Crippen LogP contribution is 2.17. The molecule has 1 saturated heterocycles. The van der Waals surface area contributed by atoms with Gasteiger partial charge in [-0.1, -0.05) is 6.07 Å². The highest BCUT2D eigenvalue weighted by atomic mass is 127. The molecule has 1 heterocycles. The quantitative estimate of drug-likeness (QED) is 0.173. The summed E-state index contributed by atoms with van der Waals surface area (Å²) in [7, 11) is 0.299. The third-order valence-corrected chi connectivity index (χ3v) is 6.09. The Morgan fingerprint density at radius 3 is 2.77 bits per heavy atom. The van der Waals surface area contributed by atoms with Crippen LogP contribution in [0.2, 0.25) is 0 Å². The molecule has 1 aliphatic heterocycles. The van der Waals surface area contributed by atoms with Gasteiger partial charge in [0, 0.05) is 57.9 Å². The number of hydrogen-bond acceptors (Lipinski definition) is 6. The Bertz CT molecular complexity index is 804. The van der Waals surface area contributed by atoms with E-state index in [1.54, 1.807) is 14.2 Å². The Morgan fingerprint density at radius 1 is 1.30 bits per heavy atom. The van der Waals surface area contributed by atoms with Crippen molar-refractivity contribution >= 4 is 51.4 Å². The molecule has 170 valence electrons. The van der Waals surface area contributed by atoms with Gasteiger partial charge < -0.3 is 25.4 Å². The minimum Gasteiger partial charge on any atom is -0.493 e. The van der Waals surface area contributed by atoms with E-state index in [2.05, 4.69) is 20.9 Å². The van der Waals surface area contributed by atoms with E-state index in [1.807, 2.05) is 24.3 Å². The molecule has 30 heavy (non-hydrogen) atoms. The maximum atomic E-state index is 12.0. The molecular formula is C19H31IN4O5S. The maximum Gasteiger partial charge on any atom is 0.222 e. The number of rotatable bonds is 10. The molecule has 1 unspecified atom stereocenters. The fourth-order valence-electron chi connectivity index (χ4n) is 2.88. The lowest BCUT2D eigenvalue weighted by atomic mass is 10.2. The summed E-state index contributed by atoms with van der Waals surface area (Å²) in [5, 5.41) is 8.99. The molecule has 0 radical (unpaired) electrons. The number of halogens is 1. The number of amides is 1. The van der Waals surface area contributed by atoms with Crippen molar-refractivity contribution in [1.29, 1.82) is 0 Å². The van der Waals surface area contributed by atoms with Crippen molar-refractivity contribution in [1.82, 2.24) is 10.6 Å². The van der Waals surface area contributed by atoms with Gasteiger partial charge in [0.15, 0.2) is 15.8 Å². The van der Waals surface area contributed by atoms with Crippen LogP contribution in [0, 0.1) is 0 Å². The van der Waals surface area contributed by atoms with Gasteiger partial charge in [0.1, 0.15) is 5.75 Å². The van der Waals surface area contributed by atoms with Crippen LogP contribution in [0.3, 0.4) is 0 Å². The summed E-state index contributed by atoms with van der Waals surface area (Å²) in [5.74, 6) is 1.26. The molecule has 1 aromatic rings. The zero-order valence-corrected chi connectivity index (χ0v) is 20.5. The zero-order chi connectivity index (χ0) is 21.1. The second-order valence-corrected chi connectivity index (χ2v) is 8.99. The molecule has 1 amide bonds. The Balaban J connectivity index is 0.00000450. The number of nitrogens with one attached hydrogen (secondary N) is 3. The van der Waals surface area contributed by atoms with E-state index in [4.69, 9.17) is 9.47 Å². The number of anilines is 1. The van der Waals surface area contributed by atoms with Crippen LogP contribution in [0.1, 0.15) is 19.3 Å². The van der Waals surface area contributed by atoms with E-state index < -0.39 is 9.84 Å². The number of methoxy groups -OCH3 is 1. The van der Waals surface area contributed by atoms with Gasteiger partial charge in [-0.05, 0) is 18.6 Å². The Kier molecular flexibility index (Phi) is 12.0. The minimum atomic E-state index is -3.00. The molecule has 1 aromatic carbocycles. The summed E-state index contributed by atoms with van der Waals surface area (Å²) < 4.78 is 33.6. The normalized spacial score (nSPS) is 17.7. The highest BCUT2D eigenvalue weighted by molar-refractivity contribution is 14.0. The standard InChI is InChI=1S/C19H30N4O5S.HI/c1-20-19(21-9-7-18(24)22-16-8-12-29(25,26)14-16)23-15-5-3-6-17(13-15)28-11-4-10-27-2;/h3,5-6,13,16H,4,7-12,14H2,1-2H3,(H,22,24)(H2,20,21,23);1H. The second-order valence-electron chi connectivity index (χ2n) is 6.76. The Labute approximate surface area is 195 Å². The first-order valence-electron chi connectivity index (χ1n) is 9.61. The van der Waals surface area contributed by atoms with Crippen LogP contribution >= 0.6 is 24.0 Å². The summed E-state index contributed by atoms with van der Waals surface area (Å²) >= 11 is 0. The van der Waals surface area contributed by atoms with E-state index in [9.17, 15) is 13.2 Å². The number of aliphatic imine (C=N–C) groups is 1. The topological polar surface area (TPSA) is 118 Å². The Hall–Kier alpha value is -1.60. The number of sulfone groups is 1. The fourth-order valence-corrected chi connectivity index (χ4v) is 4.55. The highest BCUT2D eigenvalue weighted by Gasteiger charge is 2.28. The van der Waals surface area contributed by atoms with Crippen LogP contribution in [0.4, 0.5) is 5.69 Å². The minimum absolute atomic E-state index is 0. The lowest BCUT2D eigenvalue weighted by Gasteiger charge is -2.14. The fraction of sp³-hybridized carbons (Fsp3) is 0.579. The van der Waals surface area contributed by atoms with Crippen LogP contribution in [-0.2, 0) is 19.4 Å². The summed E-state index contributed by atoms with van der Waals surface area (Å²) in [6.07, 6.45) is 1.51. The molecule has 1 fully saturated rings. The van der Waals surface area contributed by atoms with Crippen LogP contribution in [0.25, 0.3) is 0 Å². The van der Waals surface area contributed by atoms with Gasteiger partial charge >= 0.3 is 0 Å². The number of carbonyl (C=O) groups is 1. The molecule has 0 bridgehead atoms. The van der Waals surface area contributed by atoms with Gasteiger partial charge in [-0.3, -0.25) is 9.79 Å². The van der Waals surface area contributed by atoms with Gasteiger partial charge in [-0.2, -0.15) is 0 Å².